The Kier molecular flexibility index (Phi) is 5.15. The van der Waals surface area contributed by atoms with Crippen molar-refractivity contribution in [1.29, 1.82) is 0 Å². The van der Waals surface area contributed by atoms with Crippen LogP contribution in [-0.4, -0.2) is 34.3 Å². The molecule has 0 saturated carbocycles. The number of aryl methyl sites for hydroxylation is 1. The van der Waals surface area contributed by atoms with E-state index in [1.807, 2.05) is 0 Å². The Labute approximate surface area is 98.0 Å². The Morgan fingerprint density at radius 3 is 3.00 bits per heavy atom. The van der Waals surface area contributed by atoms with Gasteiger partial charge >= 0.3 is 5.56 Å². The lowest BCUT2D eigenvalue weighted by Crippen LogP contribution is -2.26. The zero-order valence-electron chi connectivity index (χ0n) is 9.40. The highest BCUT2D eigenvalue weighted by molar-refractivity contribution is 5.76. The van der Waals surface area contributed by atoms with E-state index in [9.17, 15) is 9.59 Å². The lowest BCUT2D eigenvalue weighted by Gasteiger charge is -2.03. The minimum Gasteiger partial charge on any atom is -0.503 e. The van der Waals surface area contributed by atoms with Crippen LogP contribution in [0.3, 0.4) is 0 Å². The van der Waals surface area contributed by atoms with Gasteiger partial charge in [-0.2, -0.15) is 5.10 Å². The second kappa shape index (κ2) is 6.64. The van der Waals surface area contributed by atoms with Crippen molar-refractivity contribution in [1.82, 2.24) is 15.5 Å². The Bertz CT molecular complexity index is 430. The summed E-state index contributed by atoms with van der Waals surface area (Å²) in [6.07, 6.45) is 1.35. The van der Waals surface area contributed by atoms with Gasteiger partial charge in [0.05, 0.1) is 5.69 Å². The van der Waals surface area contributed by atoms with E-state index in [1.165, 1.54) is 6.07 Å². The zero-order chi connectivity index (χ0) is 12.7. The van der Waals surface area contributed by atoms with Crippen LogP contribution in [0.5, 0.6) is 5.75 Å². The maximum Gasteiger partial charge on any atom is 0.306 e. The average molecular weight is 240 g/mol. The van der Waals surface area contributed by atoms with E-state index in [4.69, 9.17) is 10.8 Å². The molecule has 0 unspecified atom stereocenters. The minimum atomic E-state index is -0.638. The number of nitrogens with two attached hydrogens (primary N) is 1. The van der Waals surface area contributed by atoms with Crippen LogP contribution in [0.4, 0.5) is 0 Å². The molecule has 94 valence electrons. The summed E-state index contributed by atoms with van der Waals surface area (Å²) in [6.45, 7) is 1.09. The number of rotatable bonds is 6. The van der Waals surface area contributed by atoms with Gasteiger partial charge in [-0.3, -0.25) is 9.59 Å². The summed E-state index contributed by atoms with van der Waals surface area (Å²) in [5.41, 5.74) is 5.12. The fourth-order valence-electron chi connectivity index (χ4n) is 1.22. The van der Waals surface area contributed by atoms with Gasteiger partial charge in [0.1, 0.15) is 0 Å². The van der Waals surface area contributed by atoms with Crippen molar-refractivity contribution in [3.63, 3.8) is 0 Å². The molecule has 7 heteroatoms. The second-order valence-corrected chi connectivity index (χ2v) is 3.57. The van der Waals surface area contributed by atoms with Crippen LogP contribution in [0.25, 0.3) is 0 Å². The molecule has 0 saturated heterocycles. The summed E-state index contributed by atoms with van der Waals surface area (Å²) < 4.78 is 0. The van der Waals surface area contributed by atoms with Gasteiger partial charge < -0.3 is 16.2 Å². The van der Waals surface area contributed by atoms with Crippen molar-refractivity contribution in [2.75, 3.05) is 13.1 Å². The first kappa shape index (κ1) is 13.2. The number of hydrogen-bond acceptors (Lipinski definition) is 5. The van der Waals surface area contributed by atoms with Crippen molar-refractivity contribution in [2.24, 2.45) is 5.73 Å². The standard InChI is InChI=1S/C10H16N4O3/c11-4-1-5-12-9(16)3-2-7-6-8(15)10(17)14-13-7/h6H,1-5,11H2,(H,12,16)(H,13,15)(H,14,17). The van der Waals surface area contributed by atoms with Crippen molar-refractivity contribution < 1.29 is 9.90 Å². The van der Waals surface area contributed by atoms with Gasteiger partial charge in [0, 0.05) is 25.5 Å². The summed E-state index contributed by atoms with van der Waals surface area (Å²) in [4.78, 5) is 22.2. The summed E-state index contributed by atoms with van der Waals surface area (Å²) >= 11 is 0. The number of aromatic nitrogens is 2. The van der Waals surface area contributed by atoms with Crippen LogP contribution in [0.2, 0.25) is 0 Å². The minimum absolute atomic E-state index is 0.106. The van der Waals surface area contributed by atoms with Gasteiger partial charge in [0.2, 0.25) is 5.91 Å². The van der Waals surface area contributed by atoms with Crippen molar-refractivity contribution in [3.8, 4) is 5.75 Å². The Morgan fingerprint density at radius 2 is 2.35 bits per heavy atom. The molecular formula is C10H16N4O3. The average Bonchev–Trinajstić information content (AvgIpc) is 2.31. The molecule has 1 amide bonds. The lowest BCUT2D eigenvalue weighted by molar-refractivity contribution is -0.121. The van der Waals surface area contributed by atoms with E-state index < -0.39 is 11.3 Å². The Morgan fingerprint density at radius 1 is 1.59 bits per heavy atom. The largest absolute Gasteiger partial charge is 0.503 e. The first-order valence-corrected chi connectivity index (χ1v) is 5.38. The SMILES string of the molecule is NCCCNC(=O)CCc1cc(O)c(=O)[nH]n1. The molecule has 1 aromatic rings. The van der Waals surface area contributed by atoms with Crippen molar-refractivity contribution >= 4 is 5.91 Å². The lowest BCUT2D eigenvalue weighted by atomic mass is 10.2. The van der Waals surface area contributed by atoms with E-state index in [0.29, 0.717) is 25.2 Å². The van der Waals surface area contributed by atoms with Crippen LogP contribution in [0, 0.1) is 0 Å². The summed E-state index contributed by atoms with van der Waals surface area (Å²) in [7, 11) is 0. The molecule has 0 bridgehead atoms. The van der Waals surface area contributed by atoms with Gasteiger partial charge in [-0.15, -0.1) is 0 Å². The molecule has 7 nitrogen and oxygen atoms in total. The number of aromatic hydroxyl groups is 1. The van der Waals surface area contributed by atoms with Gasteiger partial charge in [0.25, 0.3) is 0 Å². The summed E-state index contributed by atoms with van der Waals surface area (Å²) in [5.74, 6) is -0.496. The van der Waals surface area contributed by atoms with Gasteiger partial charge in [-0.25, -0.2) is 5.10 Å². The smallest absolute Gasteiger partial charge is 0.306 e. The molecule has 0 atom stereocenters. The number of nitrogens with zero attached hydrogens (tertiary/aromatic N) is 1. The first-order chi connectivity index (χ1) is 8.13. The normalized spacial score (nSPS) is 10.2. The predicted octanol–water partition coefficient (Wildman–Crippen LogP) is -1.13. The molecule has 0 aromatic carbocycles. The van der Waals surface area contributed by atoms with Crippen molar-refractivity contribution in [2.45, 2.75) is 19.3 Å². The van der Waals surface area contributed by atoms with E-state index in [-0.39, 0.29) is 12.3 Å². The molecule has 0 aliphatic heterocycles. The van der Waals surface area contributed by atoms with E-state index in [0.717, 1.165) is 6.42 Å². The maximum atomic E-state index is 11.3. The molecule has 5 N–H and O–H groups in total. The van der Waals surface area contributed by atoms with Crippen LogP contribution in [-0.2, 0) is 11.2 Å². The molecule has 17 heavy (non-hydrogen) atoms. The zero-order valence-corrected chi connectivity index (χ0v) is 9.40. The number of carbonyl (C=O) groups is 1. The fourth-order valence-corrected chi connectivity index (χ4v) is 1.22. The monoisotopic (exact) mass is 240 g/mol. The summed E-state index contributed by atoms with van der Waals surface area (Å²) in [6, 6.07) is 1.26. The highest BCUT2D eigenvalue weighted by Gasteiger charge is 2.05. The van der Waals surface area contributed by atoms with E-state index in [1.54, 1.807) is 0 Å². The fraction of sp³-hybridized carbons (Fsp3) is 0.500. The van der Waals surface area contributed by atoms with Crippen LogP contribution < -0.4 is 16.6 Å². The third kappa shape index (κ3) is 4.64. The molecule has 0 radical (unpaired) electrons. The number of carbonyl (C=O) groups excluding carboxylic acids is 1. The quantitative estimate of drug-likeness (QED) is 0.469. The molecule has 1 heterocycles. The third-order valence-electron chi connectivity index (χ3n) is 2.15. The van der Waals surface area contributed by atoms with Gasteiger partial charge in [-0.05, 0) is 13.0 Å². The molecule has 0 fully saturated rings. The number of nitrogens with one attached hydrogen (secondary N) is 2. The van der Waals surface area contributed by atoms with Gasteiger partial charge in [0.15, 0.2) is 5.75 Å². The Balaban J connectivity index is 2.37. The number of H-pyrrole nitrogens is 1. The summed E-state index contributed by atoms with van der Waals surface area (Å²) in [5, 5.41) is 17.7. The van der Waals surface area contributed by atoms with E-state index in [2.05, 4.69) is 15.5 Å². The van der Waals surface area contributed by atoms with Gasteiger partial charge in [-0.1, -0.05) is 0 Å². The highest BCUT2D eigenvalue weighted by atomic mass is 16.3. The Hall–Kier alpha value is -1.89. The predicted molar refractivity (Wildman–Crippen MR) is 61.5 cm³/mol. The van der Waals surface area contributed by atoms with E-state index >= 15 is 0 Å². The maximum absolute atomic E-state index is 11.3. The van der Waals surface area contributed by atoms with Crippen molar-refractivity contribution in [3.05, 3.63) is 22.1 Å². The second-order valence-electron chi connectivity index (χ2n) is 3.57. The number of hydrogen-bond donors (Lipinski definition) is 4. The third-order valence-corrected chi connectivity index (χ3v) is 2.15. The molecule has 0 aliphatic carbocycles. The molecule has 0 spiro atoms. The highest BCUT2D eigenvalue weighted by Crippen LogP contribution is 2.03. The molecule has 0 aliphatic rings. The van der Waals surface area contributed by atoms with Crippen LogP contribution in [0.1, 0.15) is 18.5 Å². The first-order valence-electron chi connectivity index (χ1n) is 5.38. The molecular weight excluding hydrogens is 224 g/mol. The molecule has 1 aromatic heterocycles. The number of amides is 1. The van der Waals surface area contributed by atoms with Crippen LogP contribution in [0.15, 0.2) is 10.9 Å². The van der Waals surface area contributed by atoms with Crippen LogP contribution >= 0.6 is 0 Å². The number of aromatic amines is 1. The molecule has 1 rings (SSSR count). The topological polar surface area (TPSA) is 121 Å².